The zero-order valence-electron chi connectivity index (χ0n) is 19.6. The van der Waals surface area contributed by atoms with Crippen LogP contribution in [-0.2, 0) is 4.74 Å². The highest BCUT2D eigenvalue weighted by molar-refractivity contribution is 5.95. The van der Waals surface area contributed by atoms with E-state index in [-0.39, 0.29) is 5.91 Å². The summed E-state index contributed by atoms with van der Waals surface area (Å²) in [6.45, 7) is 8.46. The molecule has 0 bridgehead atoms. The Bertz CT molecular complexity index is 934. The van der Waals surface area contributed by atoms with Crippen molar-refractivity contribution < 1.29 is 14.3 Å². The molecular weight excluding hydrogens is 402 g/mol. The van der Waals surface area contributed by atoms with Crippen LogP contribution in [-0.4, -0.2) is 35.1 Å². The van der Waals surface area contributed by atoms with Gasteiger partial charge in [0.2, 0.25) is 0 Å². The molecule has 32 heavy (non-hydrogen) atoms. The smallest absolute Gasteiger partial charge is 0.426 e. The molecule has 1 aliphatic heterocycles. The van der Waals surface area contributed by atoms with Crippen molar-refractivity contribution in [3.63, 3.8) is 0 Å². The van der Waals surface area contributed by atoms with Crippen molar-refractivity contribution in [2.45, 2.75) is 71.4 Å². The quantitative estimate of drug-likeness (QED) is 0.544. The molecule has 1 atom stereocenters. The minimum absolute atomic E-state index is 0.117. The Hall–Kier alpha value is -3.02. The highest BCUT2D eigenvalue weighted by Crippen LogP contribution is 2.27. The number of likely N-dealkylation sites (tertiary alicyclic amines) is 1. The topological polar surface area (TPSA) is 70.7 Å². The molecule has 172 valence electrons. The summed E-state index contributed by atoms with van der Waals surface area (Å²) >= 11 is 0. The van der Waals surface area contributed by atoms with Gasteiger partial charge in [0.05, 0.1) is 5.69 Å². The van der Waals surface area contributed by atoms with E-state index in [4.69, 9.17) is 4.74 Å². The Morgan fingerprint density at radius 3 is 2.50 bits per heavy atom. The van der Waals surface area contributed by atoms with Gasteiger partial charge in [-0.15, -0.1) is 0 Å². The summed E-state index contributed by atoms with van der Waals surface area (Å²) in [6.07, 6.45) is 4.97. The fourth-order valence-corrected chi connectivity index (χ4v) is 4.10. The number of hydrogen-bond acceptors (Lipinski definition) is 4. The number of hydrogen-bond donors (Lipinski definition) is 2. The summed E-state index contributed by atoms with van der Waals surface area (Å²) in [5, 5.41) is 0. The summed E-state index contributed by atoms with van der Waals surface area (Å²) in [4.78, 5) is 27.2. The fourth-order valence-electron chi connectivity index (χ4n) is 4.10. The zero-order chi connectivity index (χ0) is 23.1. The van der Waals surface area contributed by atoms with Gasteiger partial charge >= 0.3 is 6.09 Å². The van der Waals surface area contributed by atoms with E-state index in [1.807, 2.05) is 69.3 Å². The maximum Gasteiger partial charge on any atom is 0.426 e. The largest absolute Gasteiger partial charge is 0.443 e. The first-order valence-electron chi connectivity index (χ1n) is 11.5. The van der Waals surface area contributed by atoms with Gasteiger partial charge in [0.25, 0.3) is 5.91 Å². The third-order valence-electron chi connectivity index (χ3n) is 5.52. The van der Waals surface area contributed by atoms with Gasteiger partial charge in [0.15, 0.2) is 0 Å². The number of anilines is 1. The lowest BCUT2D eigenvalue weighted by molar-refractivity contribution is 0.0539. The minimum Gasteiger partial charge on any atom is -0.443 e. The Kier molecular flexibility index (Phi) is 7.78. The van der Waals surface area contributed by atoms with Gasteiger partial charge in [-0.25, -0.2) is 10.2 Å². The highest BCUT2D eigenvalue weighted by atomic mass is 16.6. The molecule has 1 fully saturated rings. The molecule has 2 aromatic rings. The molecule has 1 saturated heterocycles. The van der Waals surface area contributed by atoms with Gasteiger partial charge in [-0.05, 0) is 81.8 Å². The lowest BCUT2D eigenvalue weighted by atomic mass is 9.96. The number of piperidine rings is 1. The van der Waals surface area contributed by atoms with Crippen LogP contribution in [0.25, 0.3) is 11.1 Å². The Labute approximate surface area is 191 Å². The van der Waals surface area contributed by atoms with E-state index in [2.05, 4.69) is 22.7 Å². The molecule has 0 saturated carbocycles. The lowest BCUT2D eigenvalue weighted by Gasteiger charge is -2.36. The summed E-state index contributed by atoms with van der Waals surface area (Å²) < 4.78 is 5.25. The van der Waals surface area contributed by atoms with E-state index in [1.54, 1.807) is 0 Å². The van der Waals surface area contributed by atoms with Gasteiger partial charge in [-0.1, -0.05) is 37.6 Å². The monoisotopic (exact) mass is 437 g/mol. The number of benzene rings is 2. The summed E-state index contributed by atoms with van der Waals surface area (Å²) in [5.41, 5.74) is 8.23. The number of nitrogens with one attached hydrogen (secondary N) is 2. The third-order valence-corrected chi connectivity index (χ3v) is 5.52. The molecule has 6 heteroatoms. The van der Waals surface area contributed by atoms with Crippen LogP contribution >= 0.6 is 0 Å². The number of carbonyl (C=O) groups is 2. The van der Waals surface area contributed by atoms with Gasteiger partial charge in [0, 0.05) is 18.2 Å². The first-order chi connectivity index (χ1) is 15.3. The van der Waals surface area contributed by atoms with Gasteiger partial charge < -0.3 is 9.64 Å². The maximum absolute atomic E-state index is 13.3. The van der Waals surface area contributed by atoms with Crippen LogP contribution in [0.1, 0.15) is 70.2 Å². The molecule has 0 unspecified atom stereocenters. The van der Waals surface area contributed by atoms with E-state index in [9.17, 15) is 9.59 Å². The fraction of sp³-hybridized carbons (Fsp3) is 0.462. The second kappa shape index (κ2) is 10.5. The molecule has 0 spiro atoms. The first kappa shape index (κ1) is 23.6. The first-order valence-corrected chi connectivity index (χ1v) is 11.5. The summed E-state index contributed by atoms with van der Waals surface area (Å²) in [7, 11) is 0. The van der Waals surface area contributed by atoms with Crippen LogP contribution in [0, 0.1) is 0 Å². The number of amides is 2. The van der Waals surface area contributed by atoms with Crippen molar-refractivity contribution in [3.8, 4) is 11.1 Å². The maximum atomic E-state index is 13.3. The van der Waals surface area contributed by atoms with E-state index >= 15 is 0 Å². The van der Waals surface area contributed by atoms with Crippen LogP contribution in [0.5, 0.6) is 0 Å². The number of ether oxygens (including phenoxy) is 1. The summed E-state index contributed by atoms with van der Waals surface area (Å²) in [5.74, 6) is 0.117. The molecule has 2 N–H and O–H groups in total. The van der Waals surface area contributed by atoms with Crippen molar-refractivity contribution in [3.05, 3.63) is 54.1 Å². The Morgan fingerprint density at radius 1 is 1.06 bits per heavy atom. The Morgan fingerprint density at radius 2 is 1.78 bits per heavy atom. The zero-order valence-corrected chi connectivity index (χ0v) is 19.6. The molecule has 0 radical (unpaired) electrons. The molecular formula is C26H35N3O3. The van der Waals surface area contributed by atoms with Crippen molar-refractivity contribution in [1.29, 1.82) is 0 Å². The van der Waals surface area contributed by atoms with Crippen LogP contribution in [0.15, 0.2) is 48.5 Å². The number of hydrazine groups is 1. The predicted molar refractivity (Wildman–Crippen MR) is 128 cm³/mol. The average molecular weight is 438 g/mol. The minimum atomic E-state index is -0.564. The van der Waals surface area contributed by atoms with Crippen molar-refractivity contribution in [1.82, 2.24) is 10.3 Å². The lowest BCUT2D eigenvalue weighted by Crippen LogP contribution is -2.43. The molecule has 0 aromatic heterocycles. The molecule has 1 heterocycles. The number of rotatable bonds is 6. The molecule has 3 rings (SSSR count). The van der Waals surface area contributed by atoms with Gasteiger partial charge in [-0.2, -0.15) is 0 Å². The molecule has 0 aliphatic carbocycles. The molecule has 1 aliphatic rings. The second-order valence-electron chi connectivity index (χ2n) is 9.35. The number of carbonyl (C=O) groups excluding carboxylic acids is 2. The Balaban J connectivity index is 1.73. The molecule has 6 nitrogen and oxygen atoms in total. The van der Waals surface area contributed by atoms with Crippen LogP contribution in [0.4, 0.5) is 10.5 Å². The third kappa shape index (κ3) is 6.49. The van der Waals surface area contributed by atoms with Crippen LogP contribution in [0.2, 0.25) is 0 Å². The van der Waals surface area contributed by atoms with E-state index in [0.29, 0.717) is 6.04 Å². The van der Waals surface area contributed by atoms with E-state index < -0.39 is 11.7 Å². The van der Waals surface area contributed by atoms with E-state index in [1.165, 1.54) is 6.42 Å². The van der Waals surface area contributed by atoms with Crippen LogP contribution < -0.4 is 10.9 Å². The highest BCUT2D eigenvalue weighted by Gasteiger charge is 2.26. The van der Waals surface area contributed by atoms with Gasteiger partial charge in [-0.3, -0.25) is 10.2 Å². The van der Waals surface area contributed by atoms with E-state index in [0.717, 1.165) is 54.6 Å². The van der Waals surface area contributed by atoms with Crippen LogP contribution in [0.3, 0.4) is 0 Å². The van der Waals surface area contributed by atoms with Gasteiger partial charge in [0.1, 0.15) is 5.60 Å². The molecule has 2 aromatic carbocycles. The summed E-state index contributed by atoms with van der Waals surface area (Å²) in [6, 6.07) is 15.8. The predicted octanol–water partition coefficient (Wildman–Crippen LogP) is 6.00. The number of nitrogens with zero attached hydrogens (tertiary/aromatic N) is 1. The van der Waals surface area contributed by atoms with Crippen molar-refractivity contribution in [2.24, 2.45) is 0 Å². The van der Waals surface area contributed by atoms with Crippen molar-refractivity contribution in [2.75, 3.05) is 12.0 Å². The second-order valence-corrected chi connectivity index (χ2v) is 9.35. The SMILES string of the molecule is CCC[C@@H]1CCCCN1C(=O)c1cccc(-c2cccc(NNC(=O)OC(C)(C)C)c2)c1. The van der Waals surface area contributed by atoms with Crippen molar-refractivity contribution >= 4 is 17.7 Å². The average Bonchev–Trinajstić information content (AvgIpc) is 2.77. The molecule has 2 amide bonds. The standard InChI is InChI=1S/C26H35N3O3/c1-5-10-23-15-6-7-16-29(23)24(30)21-13-8-11-19(17-21)20-12-9-14-22(18-20)27-28-25(31)32-26(2,3)4/h8-9,11-14,17-18,23,27H,5-7,10,15-16H2,1-4H3,(H,28,31)/t23-/m1/s1. The normalized spacial score (nSPS) is 16.4.